The maximum atomic E-state index is 4.44. The Balaban J connectivity index is 1.68. The van der Waals surface area contributed by atoms with Crippen LogP contribution in [-0.4, -0.2) is 31.3 Å². The molecule has 3 heterocycles. The van der Waals surface area contributed by atoms with Crippen LogP contribution in [0.4, 0.5) is 0 Å². The zero-order chi connectivity index (χ0) is 13.4. The molecule has 1 aromatic carbocycles. The van der Waals surface area contributed by atoms with Crippen molar-refractivity contribution in [1.29, 1.82) is 0 Å². The van der Waals surface area contributed by atoms with Crippen molar-refractivity contribution < 1.29 is 0 Å². The average Bonchev–Trinajstić information content (AvgIpc) is 3.18. The van der Waals surface area contributed by atoms with Gasteiger partial charge in [-0.25, -0.2) is 14.6 Å². The van der Waals surface area contributed by atoms with Crippen LogP contribution >= 0.6 is 0 Å². The Kier molecular flexibility index (Phi) is 2.60. The Morgan fingerprint density at radius 1 is 1.20 bits per heavy atom. The molecule has 0 saturated heterocycles. The number of fused-ring (bicyclic) bond motifs is 1. The highest BCUT2D eigenvalue weighted by Gasteiger charge is 2.23. The first kappa shape index (κ1) is 11.4. The van der Waals surface area contributed by atoms with Gasteiger partial charge in [0.25, 0.3) is 0 Å². The van der Waals surface area contributed by atoms with Crippen LogP contribution < -0.4 is 5.32 Å². The molecule has 0 amide bonds. The second-order valence-corrected chi connectivity index (χ2v) is 4.84. The van der Waals surface area contributed by atoms with Gasteiger partial charge in [0.15, 0.2) is 0 Å². The van der Waals surface area contributed by atoms with E-state index in [0.29, 0.717) is 0 Å². The first-order chi connectivity index (χ1) is 9.92. The molecule has 1 aliphatic heterocycles. The minimum atomic E-state index is 0.162. The van der Waals surface area contributed by atoms with Gasteiger partial charge >= 0.3 is 0 Å². The highest BCUT2D eigenvalue weighted by molar-refractivity contribution is 5.38. The number of hydrogen-bond donors (Lipinski definition) is 2. The highest BCUT2D eigenvalue weighted by Crippen LogP contribution is 2.26. The van der Waals surface area contributed by atoms with Crippen LogP contribution in [0.1, 0.15) is 23.0 Å². The molecule has 2 aromatic heterocycles. The van der Waals surface area contributed by atoms with Crippen molar-refractivity contribution in [1.82, 2.24) is 30.0 Å². The lowest BCUT2D eigenvalue weighted by molar-refractivity contribution is 0.553. The fourth-order valence-corrected chi connectivity index (χ4v) is 2.66. The van der Waals surface area contributed by atoms with Crippen molar-refractivity contribution in [3.05, 3.63) is 60.2 Å². The molecule has 1 aliphatic rings. The normalized spacial score (nSPS) is 17.9. The van der Waals surface area contributed by atoms with E-state index in [1.54, 1.807) is 17.3 Å². The summed E-state index contributed by atoms with van der Waals surface area (Å²) in [5.41, 5.74) is 4.55. The van der Waals surface area contributed by atoms with Gasteiger partial charge < -0.3 is 10.3 Å². The van der Waals surface area contributed by atoms with Gasteiger partial charge in [0.05, 0.1) is 23.8 Å². The fraction of sp³-hybridized carbons (Fsp3) is 0.214. The number of H-pyrrole nitrogens is 1. The lowest BCUT2D eigenvalue weighted by Gasteiger charge is -2.23. The van der Waals surface area contributed by atoms with E-state index in [-0.39, 0.29) is 6.04 Å². The molecule has 1 unspecified atom stereocenters. The topological polar surface area (TPSA) is 71.4 Å². The average molecular weight is 266 g/mol. The second-order valence-electron chi connectivity index (χ2n) is 4.84. The number of hydrogen-bond acceptors (Lipinski definition) is 4. The Bertz CT molecular complexity index is 698. The molecular formula is C14H14N6. The molecule has 2 N–H and O–H groups in total. The number of rotatable bonds is 2. The summed E-state index contributed by atoms with van der Waals surface area (Å²) in [6.45, 7) is 0.963. The molecule has 20 heavy (non-hydrogen) atoms. The third kappa shape index (κ3) is 1.81. The summed E-state index contributed by atoms with van der Waals surface area (Å²) in [4.78, 5) is 11.6. The zero-order valence-corrected chi connectivity index (χ0v) is 10.8. The van der Waals surface area contributed by atoms with Gasteiger partial charge in [0.1, 0.15) is 12.7 Å². The van der Waals surface area contributed by atoms with Crippen molar-refractivity contribution in [2.75, 3.05) is 6.54 Å². The number of aromatic amines is 1. The second kappa shape index (κ2) is 4.57. The van der Waals surface area contributed by atoms with E-state index in [1.807, 2.05) is 12.1 Å². The summed E-state index contributed by atoms with van der Waals surface area (Å²) < 4.78 is 1.75. The summed E-state index contributed by atoms with van der Waals surface area (Å²) in [6, 6.07) is 8.48. The lowest BCUT2D eigenvalue weighted by atomic mass is 9.98. The lowest BCUT2D eigenvalue weighted by Crippen LogP contribution is -2.30. The summed E-state index contributed by atoms with van der Waals surface area (Å²) >= 11 is 0. The predicted octanol–water partition coefficient (Wildman–Crippen LogP) is 1.23. The van der Waals surface area contributed by atoms with Crippen molar-refractivity contribution in [3.63, 3.8) is 0 Å². The Morgan fingerprint density at radius 3 is 2.90 bits per heavy atom. The van der Waals surface area contributed by atoms with Gasteiger partial charge in [-0.3, -0.25) is 0 Å². The summed E-state index contributed by atoms with van der Waals surface area (Å²) in [5.74, 6) is 0. The van der Waals surface area contributed by atoms with Crippen LogP contribution in [-0.2, 0) is 6.42 Å². The number of nitrogens with zero attached hydrogens (tertiary/aromatic N) is 4. The number of imidazole rings is 1. The molecule has 100 valence electrons. The molecule has 0 aliphatic carbocycles. The number of aromatic nitrogens is 5. The standard InChI is InChI=1S/C14H14N6/c1-3-11(20-9-15-7-19-20)4-2-10(1)13-14-12(5-6-16-13)17-8-18-14/h1-4,7-9,13,16H,5-6H2,(H,17,18). The summed E-state index contributed by atoms with van der Waals surface area (Å²) in [6.07, 6.45) is 6.00. The van der Waals surface area contributed by atoms with E-state index in [1.165, 1.54) is 17.6 Å². The molecule has 0 saturated carbocycles. The summed E-state index contributed by atoms with van der Waals surface area (Å²) in [5, 5.41) is 7.64. The van der Waals surface area contributed by atoms with Gasteiger partial charge in [-0.05, 0) is 17.7 Å². The zero-order valence-electron chi connectivity index (χ0n) is 10.8. The van der Waals surface area contributed by atoms with Crippen molar-refractivity contribution in [3.8, 4) is 5.69 Å². The maximum Gasteiger partial charge on any atom is 0.138 e. The van der Waals surface area contributed by atoms with E-state index in [9.17, 15) is 0 Å². The van der Waals surface area contributed by atoms with Crippen molar-refractivity contribution in [2.45, 2.75) is 12.5 Å². The molecule has 4 rings (SSSR count). The third-order valence-corrected chi connectivity index (χ3v) is 3.66. The molecule has 3 aromatic rings. The largest absolute Gasteiger partial charge is 0.348 e. The first-order valence-electron chi connectivity index (χ1n) is 6.62. The van der Waals surface area contributed by atoms with Crippen molar-refractivity contribution >= 4 is 0 Å². The first-order valence-corrected chi connectivity index (χ1v) is 6.62. The molecule has 0 bridgehead atoms. The Hall–Kier alpha value is -2.47. The quantitative estimate of drug-likeness (QED) is 0.731. The molecule has 6 heteroatoms. The molecule has 1 atom stereocenters. The molecule has 0 spiro atoms. The predicted molar refractivity (Wildman–Crippen MR) is 73.5 cm³/mol. The van der Waals surface area contributed by atoms with Crippen LogP contribution in [0.5, 0.6) is 0 Å². The fourth-order valence-electron chi connectivity index (χ4n) is 2.66. The van der Waals surface area contributed by atoms with E-state index in [0.717, 1.165) is 24.3 Å². The van der Waals surface area contributed by atoms with Gasteiger partial charge in [0, 0.05) is 18.7 Å². The number of nitrogens with one attached hydrogen (secondary N) is 2. The SMILES string of the molecule is c1ncn(-c2ccc(C3NCCc4[nH]cnc43)cc2)n1. The Morgan fingerprint density at radius 2 is 2.10 bits per heavy atom. The smallest absolute Gasteiger partial charge is 0.138 e. The van der Waals surface area contributed by atoms with Crippen LogP contribution in [0.3, 0.4) is 0 Å². The minimum absolute atomic E-state index is 0.162. The van der Waals surface area contributed by atoms with E-state index in [4.69, 9.17) is 0 Å². The Labute approximate surface area is 115 Å². The van der Waals surface area contributed by atoms with Crippen LogP contribution in [0.15, 0.2) is 43.2 Å². The monoisotopic (exact) mass is 266 g/mol. The van der Waals surface area contributed by atoms with Gasteiger partial charge in [-0.1, -0.05) is 12.1 Å². The minimum Gasteiger partial charge on any atom is -0.348 e. The van der Waals surface area contributed by atoms with E-state index >= 15 is 0 Å². The van der Waals surface area contributed by atoms with Gasteiger partial charge in [-0.15, -0.1) is 0 Å². The molecule has 6 nitrogen and oxygen atoms in total. The van der Waals surface area contributed by atoms with Crippen molar-refractivity contribution in [2.24, 2.45) is 0 Å². The summed E-state index contributed by atoms with van der Waals surface area (Å²) in [7, 11) is 0. The molecular weight excluding hydrogens is 252 g/mol. The molecule has 0 radical (unpaired) electrons. The van der Waals surface area contributed by atoms with Crippen LogP contribution in [0, 0.1) is 0 Å². The highest BCUT2D eigenvalue weighted by atomic mass is 15.3. The third-order valence-electron chi connectivity index (χ3n) is 3.66. The van der Waals surface area contributed by atoms with E-state index in [2.05, 4.69) is 37.5 Å². The van der Waals surface area contributed by atoms with Crippen LogP contribution in [0.25, 0.3) is 5.69 Å². The molecule has 0 fully saturated rings. The van der Waals surface area contributed by atoms with Crippen LogP contribution in [0.2, 0.25) is 0 Å². The maximum absolute atomic E-state index is 4.44. The van der Waals surface area contributed by atoms with Gasteiger partial charge in [-0.2, -0.15) is 5.10 Å². The van der Waals surface area contributed by atoms with Gasteiger partial charge in [0.2, 0.25) is 0 Å². The number of benzene rings is 1. The van der Waals surface area contributed by atoms with E-state index < -0.39 is 0 Å².